The summed E-state index contributed by atoms with van der Waals surface area (Å²) < 4.78 is 10.7. The number of aliphatic hydroxyl groups is 1. The van der Waals surface area contributed by atoms with E-state index in [1.165, 1.54) is 31.2 Å². The van der Waals surface area contributed by atoms with Gasteiger partial charge in [-0.25, -0.2) is 4.79 Å². The van der Waals surface area contributed by atoms with Gasteiger partial charge in [0.2, 0.25) is 0 Å². The molecule has 0 spiro atoms. The van der Waals surface area contributed by atoms with E-state index in [4.69, 9.17) is 9.47 Å². The standard InChI is InChI=1S/C24H28O4S/c1-2-24(26)28-14-13-27-23-15-20(7-8-21(23)16-25)19-5-3-17(4-6-19)18-9-11-22(29)12-10-18/h2-8,15,18,22,25,29H,1,9-14,16H2. The van der Waals surface area contributed by atoms with Crippen LogP contribution in [-0.4, -0.2) is 29.5 Å². The molecule has 0 heterocycles. The van der Waals surface area contributed by atoms with Crippen LogP contribution in [-0.2, 0) is 16.1 Å². The molecule has 1 N–H and O–H groups in total. The molecule has 0 atom stereocenters. The van der Waals surface area contributed by atoms with Crippen molar-refractivity contribution in [1.82, 2.24) is 0 Å². The Morgan fingerprint density at radius 2 is 1.76 bits per heavy atom. The number of thiol groups is 1. The van der Waals surface area contributed by atoms with Gasteiger partial charge < -0.3 is 14.6 Å². The highest BCUT2D eigenvalue weighted by Crippen LogP contribution is 2.36. The third-order valence-corrected chi connectivity index (χ3v) is 5.92. The van der Waals surface area contributed by atoms with E-state index >= 15 is 0 Å². The largest absolute Gasteiger partial charge is 0.490 e. The zero-order valence-corrected chi connectivity index (χ0v) is 17.4. The lowest BCUT2D eigenvalue weighted by Crippen LogP contribution is -2.12. The van der Waals surface area contributed by atoms with E-state index in [1.807, 2.05) is 18.2 Å². The molecule has 2 aromatic rings. The van der Waals surface area contributed by atoms with Crippen LogP contribution in [0.5, 0.6) is 5.75 Å². The molecular weight excluding hydrogens is 384 g/mol. The fraction of sp³-hybridized carbons (Fsp3) is 0.375. The van der Waals surface area contributed by atoms with Gasteiger partial charge in [0.15, 0.2) is 0 Å². The Kier molecular flexibility index (Phi) is 7.78. The maximum Gasteiger partial charge on any atom is 0.330 e. The minimum absolute atomic E-state index is 0.116. The molecule has 154 valence electrons. The van der Waals surface area contributed by atoms with E-state index in [2.05, 4.69) is 43.5 Å². The van der Waals surface area contributed by atoms with Crippen molar-refractivity contribution in [2.24, 2.45) is 0 Å². The molecule has 0 aliphatic heterocycles. The Morgan fingerprint density at radius 3 is 2.41 bits per heavy atom. The first kappa shape index (κ1) is 21.5. The third-order valence-electron chi connectivity index (χ3n) is 5.40. The molecule has 0 amide bonds. The molecule has 1 fully saturated rings. The molecule has 1 saturated carbocycles. The highest BCUT2D eigenvalue weighted by molar-refractivity contribution is 7.80. The lowest BCUT2D eigenvalue weighted by Gasteiger charge is -2.26. The molecular formula is C24H28O4S. The summed E-state index contributed by atoms with van der Waals surface area (Å²) >= 11 is 4.59. The Morgan fingerprint density at radius 1 is 1.07 bits per heavy atom. The van der Waals surface area contributed by atoms with Crippen LogP contribution in [0.25, 0.3) is 11.1 Å². The van der Waals surface area contributed by atoms with Gasteiger partial charge in [-0.1, -0.05) is 43.0 Å². The van der Waals surface area contributed by atoms with Gasteiger partial charge >= 0.3 is 5.97 Å². The summed E-state index contributed by atoms with van der Waals surface area (Å²) in [5.74, 6) is 0.741. The first-order valence-electron chi connectivity index (χ1n) is 10.0. The van der Waals surface area contributed by atoms with Crippen LogP contribution >= 0.6 is 12.6 Å². The van der Waals surface area contributed by atoms with Crippen molar-refractivity contribution in [2.45, 2.75) is 43.5 Å². The SMILES string of the molecule is C=CC(=O)OCCOc1cc(-c2ccc(C3CCC(S)CC3)cc2)ccc1CO. The Labute approximate surface area is 178 Å². The van der Waals surface area contributed by atoms with Crippen molar-refractivity contribution < 1.29 is 19.4 Å². The molecule has 0 unspecified atom stereocenters. The fourth-order valence-corrected chi connectivity index (χ4v) is 4.01. The topological polar surface area (TPSA) is 55.8 Å². The third kappa shape index (κ3) is 5.87. The molecule has 4 nitrogen and oxygen atoms in total. The van der Waals surface area contributed by atoms with Gasteiger partial charge in [-0.3, -0.25) is 0 Å². The number of ether oxygens (including phenoxy) is 2. The Bertz CT molecular complexity index is 823. The number of carbonyl (C=O) groups is 1. The number of benzene rings is 2. The minimum Gasteiger partial charge on any atom is -0.490 e. The maximum atomic E-state index is 11.1. The van der Waals surface area contributed by atoms with Crippen LogP contribution in [0, 0.1) is 0 Å². The molecule has 0 bridgehead atoms. The average Bonchev–Trinajstić information content (AvgIpc) is 2.77. The van der Waals surface area contributed by atoms with Gasteiger partial charge in [-0.15, -0.1) is 0 Å². The number of rotatable bonds is 8. The van der Waals surface area contributed by atoms with Crippen LogP contribution in [0.4, 0.5) is 0 Å². The summed E-state index contributed by atoms with van der Waals surface area (Å²) in [6.45, 7) is 3.58. The predicted octanol–water partition coefficient (Wildman–Crippen LogP) is 4.91. The predicted molar refractivity (Wildman–Crippen MR) is 118 cm³/mol. The average molecular weight is 413 g/mol. The second kappa shape index (κ2) is 10.5. The monoisotopic (exact) mass is 412 g/mol. The zero-order valence-electron chi connectivity index (χ0n) is 16.5. The number of hydrogen-bond donors (Lipinski definition) is 2. The van der Waals surface area contributed by atoms with Gasteiger partial charge in [0.25, 0.3) is 0 Å². The molecule has 0 radical (unpaired) electrons. The molecule has 1 aliphatic rings. The van der Waals surface area contributed by atoms with E-state index < -0.39 is 5.97 Å². The number of aliphatic hydroxyl groups excluding tert-OH is 1. The van der Waals surface area contributed by atoms with E-state index in [9.17, 15) is 9.90 Å². The lowest BCUT2D eigenvalue weighted by molar-refractivity contribution is -0.138. The molecule has 29 heavy (non-hydrogen) atoms. The summed E-state index contributed by atoms with van der Waals surface area (Å²) in [5, 5.41) is 10.1. The van der Waals surface area contributed by atoms with Gasteiger partial charge in [-0.2, -0.15) is 12.6 Å². The van der Waals surface area contributed by atoms with Crippen molar-refractivity contribution in [1.29, 1.82) is 0 Å². The summed E-state index contributed by atoms with van der Waals surface area (Å²) in [7, 11) is 0. The van der Waals surface area contributed by atoms with E-state index in [-0.39, 0.29) is 19.8 Å². The highest BCUT2D eigenvalue weighted by Gasteiger charge is 2.20. The van der Waals surface area contributed by atoms with Gasteiger partial charge in [0, 0.05) is 16.9 Å². The van der Waals surface area contributed by atoms with Crippen molar-refractivity contribution in [2.75, 3.05) is 13.2 Å². The van der Waals surface area contributed by atoms with E-state index in [0.29, 0.717) is 22.5 Å². The minimum atomic E-state index is -0.479. The summed E-state index contributed by atoms with van der Waals surface area (Å²) in [5.41, 5.74) is 4.21. The molecule has 5 heteroatoms. The van der Waals surface area contributed by atoms with Gasteiger partial charge in [-0.05, 0) is 54.4 Å². The molecule has 0 aromatic heterocycles. The van der Waals surface area contributed by atoms with Crippen LogP contribution < -0.4 is 4.74 Å². The molecule has 0 saturated heterocycles. The first-order valence-corrected chi connectivity index (χ1v) is 10.6. The number of carbonyl (C=O) groups excluding carboxylic acids is 1. The van der Waals surface area contributed by atoms with Crippen LogP contribution in [0.15, 0.2) is 55.1 Å². The second-order valence-electron chi connectivity index (χ2n) is 7.33. The van der Waals surface area contributed by atoms with Crippen molar-refractivity contribution in [3.63, 3.8) is 0 Å². The normalized spacial score (nSPS) is 18.8. The summed E-state index contributed by atoms with van der Waals surface area (Å²) in [6, 6.07) is 14.5. The maximum absolute atomic E-state index is 11.1. The van der Waals surface area contributed by atoms with Crippen molar-refractivity contribution in [3.05, 3.63) is 66.2 Å². The highest BCUT2D eigenvalue weighted by atomic mass is 32.1. The van der Waals surface area contributed by atoms with E-state index in [0.717, 1.165) is 17.2 Å². The smallest absolute Gasteiger partial charge is 0.330 e. The number of esters is 1. The van der Waals surface area contributed by atoms with Crippen LogP contribution in [0.3, 0.4) is 0 Å². The van der Waals surface area contributed by atoms with Crippen molar-refractivity contribution >= 4 is 18.6 Å². The van der Waals surface area contributed by atoms with Crippen LogP contribution in [0.1, 0.15) is 42.7 Å². The van der Waals surface area contributed by atoms with Crippen molar-refractivity contribution in [3.8, 4) is 16.9 Å². The fourth-order valence-electron chi connectivity index (χ4n) is 3.71. The van der Waals surface area contributed by atoms with Gasteiger partial charge in [0.05, 0.1) is 6.61 Å². The first-order chi connectivity index (χ1) is 14.1. The van der Waals surface area contributed by atoms with Crippen LogP contribution in [0.2, 0.25) is 0 Å². The van der Waals surface area contributed by atoms with E-state index in [1.54, 1.807) is 0 Å². The zero-order chi connectivity index (χ0) is 20.6. The number of hydrogen-bond acceptors (Lipinski definition) is 5. The lowest BCUT2D eigenvalue weighted by atomic mass is 9.83. The Hall–Kier alpha value is -2.24. The summed E-state index contributed by atoms with van der Waals surface area (Å²) in [4.78, 5) is 11.1. The molecule has 1 aliphatic carbocycles. The quantitative estimate of drug-likeness (QED) is 0.280. The molecule has 2 aromatic carbocycles. The molecule has 3 rings (SSSR count). The second-order valence-corrected chi connectivity index (χ2v) is 8.06. The summed E-state index contributed by atoms with van der Waals surface area (Å²) in [6.07, 6.45) is 5.88. The van der Waals surface area contributed by atoms with Gasteiger partial charge in [0.1, 0.15) is 19.0 Å². The Balaban J connectivity index is 1.68.